The van der Waals surface area contributed by atoms with Crippen molar-refractivity contribution in [3.8, 4) is 0 Å². The van der Waals surface area contributed by atoms with Gasteiger partial charge in [0.15, 0.2) is 5.41 Å². The molecule has 25 heavy (non-hydrogen) atoms. The van der Waals surface area contributed by atoms with Crippen molar-refractivity contribution in [2.75, 3.05) is 19.6 Å². The number of nitrogens with one attached hydrogen (secondary N) is 1. The van der Waals surface area contributed by atoms with Crippen LogP contribution < -0.4 is 11.1 Å². The number of likely N-dealkylation sites (tertiary alicyclic amines) is 1. The Morgan fingerprint density at radius 3 is 2.40 bits per heavy atom. The summed E-state index contributed by atoms with van der Waals surface area (Å²) in [4.78, 5) is 14.0. The van der Waals surface area contributed by atoms with E-state index in [1.165, 1.54) is 0 Å². The molecule has 1 aromatic carbocycles. The molecule has 1 atom stereocenters. The molecular weight excluding hydrogens is 355 g/mol. The van der Waals surface area contributed by atoms with Crippen LogP contribution >= 0.6 is 12.4 Å². The van der Waals surface area contributed by atoms with Crippen LogP contribution in [-0.2, 0) is 11.3 Å². The molecule has 1 amide bonds. The normalized spacial score (nSPS) is 21.7. The maximum atomic E-state index is 13.7. The molecule has 142 valence electrons. The molecule has 1 saturated heterocycles. The molecule has 0 aliphatic carbocycles. The van der Waals surface area contributed by atoms with Gasteiger partial charge in [-0.1, -0.05) is 30.3 Å². The number of halogens is 4. The van der Waals surface area contributed by atoms with Crippen LogP contribution in [0.5, 0.6) is 0 Å². The van der Waals surface area contributed by atoms with Crippen LogP contribution in [0.1, 0.15) is 25.8 Å². The Labute approximate surface area is 152 Å². The third-order valence-electron chi connectivity index (χ3n) is 4.28. The highest BCUT2D eigenvalue weighted by atomic mass is 35.5. The number of nitrogens with two attached hydrogens (primary N) is 1. The fourth-order valence-corrected chi connectivity index (χ4v) is 2.89. The average Bonchev–Trinajstić information content (AvgIpc) is 2.90. The van der Waals surface area contributed by atoms with Crippen molar-refractivity contribution >= 4 is 18.3 Å². The van der Waals surface area contributed by atoms with E-state index >= 15 is 0 Å². The predicted octanol–water partition coefficient (Wildman–Crippen LogP) is 2.72. The molecule has 2 rings (SSSR count). The van der Waals surface area contributed by atoms with Gasteiger partial charge in [-0.25, -0.2) is 0 Å². The van der Waals surface area contributed by atoms with Crippen LogP contribution in [0.15, 0.2) is 30.3 Å². The monoisotopic (exact) mass is 379 g/mol. The van der Waals surface area contributed by atoms with Gasteiger partial charge in [-0.3, -0.25) is 9.69 Å². The van der Waals surface area contributed by atoms with Crippen LogP contribution in [0.25, 0.3) is 0 Å². The SMILES string of the molecule is CC(C)(N)CNC(=O)C1(C(F)(F)F)CCN(Cc2ccccc2)C1.Cl. The van der Waals surface area contributed by atoms with E-state index in [0.717, 1.165) is 5.56 Å². The molecule has 1 fully saturated rings. The number of carbonyl (C=O) groups excluding carboxylic acids is 1. The molecule has 1 aliphatic heterocycles. The smallest absolute Gasteiger partial charge is 0.353 e. The highest BCUT2D eigenvalue weighted by Crippen LogP contribution is 2.46. The number of alkyl halides is 3. The fourth-order valence-electron chi connectivity index (χ4n) is 2.89. The van der Waals surface area contributed by atoms with Crippen LogP contribution in [0.4, 0.5) is 13.2 Å². The van der Waals surface area contributed by atoms with Gasteiger partial charge in [0.1, 0.15) is 0 Å². The van der Waals surface area contributed by atoms with Crippen molar-refractivity contribution in [2.24, 2.45) is 11.1 Å². The lowest BCUT2D eigenvalue weighted by Crippen LogP contribution is -2.55. The minimum absolute atomic E-state index is 0. The van der Waals surface area contributed by atoms with Crippen molar-refractivity contribution in [1.82, 2.24) is 10.2 Å². The lowest BCUT2D eigenvalue weighted by Gasteiger charge is -2.32. The van der Waals surface area contributed by atoms with Crippen molar-refractivity contribution in [3.05, 3.63) is 35.9 Å². The van der Waals surface area contributed by atoms with Gasteiger partial charge in [0.05, 0.1) is 0 Å². The zero-order chi connectivity index (χ0) is 18.0. The number of amides is 1. The quantitative estimate of drug-likeness (QED) is 0.827. The third kappa shape index (κ3) is 5.33. The number of hydrogen-bond acceptors (Lipinski definition) is 3. The number of rotatable bonds is 5. The van der Waals surface area contributed by atoms with E-state index in [1.54, 1.807) is 18.7 Å². The Morgan fingerprint density at radius 1 is 1.28 bits per heavy atom. The van der Waals surface area contributed by atoms with Gasteiger partial charge in [0, 0.05) is 25.2 Å². The topological polar surface area (TPSA) is 58.4 Å². The second-order valence-electron chi connectivity index (χ2n) is 7.20. The van der Waals surface area contributed by atoms with E-state index in [2.05, 4.69) is 5.32 Å². The zero-order valence-corrected chi connectivity index (χ0v) is 15.2. The Bertz CT molecular complexity index is 575. The van der Waals surface area contributed by atoms with E-state index in [0.29, 0.717) is 6.54 Å². The summed E-state index contributed by atoms with van der Waals surface area (Å²) in [5, 5.41) is 2.39. The number of benzene rings is 1. The van der Waals surface area contributed by atoms with Gasteiger partial charge < -0.3 is 11.1 Å². The predicted molar refractivity (Wildman–Crippen MR) is 93.3 cm³/mol. The molecular formula is C17H25ClF3N3O. The first-order valence-electron chi connectivity index (χ1n) is 7.94. The molecule has 1 aromatic rings. The van der Waals surface area contributed by atoms with Gasteiger partial charge in [0.25, 0.3) is 0 Å². The Hall–Kier alpha value is -1.31. The molecule has 8 heteroatoms. The van der Waals surface area contributed by atoms with Crippen LogP contribution in [0.2, 0.25) is 0 Å². The summed E-state index contributed by atoms with van der Waals surface area (Å²) in [7, 11) is 0. The summed E-state index contributed by atoms with van der Waals surface area (Å²) in [5.41, 5.74) is 3.56. The molecule has 0 bridgehead atoms. The van der Waals surface area contributed by atoms with Crippen molar-refractivity contribution < 1.29 is 18.0 Å². The highest BCUT2D eigenvalue weighted by Gasteiger charge is 2.62. The lowest BCUT2D eigenvalue weighted by atomic mass is 9.85. The van der Waals surface area contributed by atoms with E-state index in [1.807, 2.05) is 30.3 Å². The van der Waals surface area contributed by atoms with Crippen molar-refractivity contribution in [2.45, 2.75) is 38.5 Å². The fraction of sp³-hybridized carbons (Fsp3) is 0.588. The molecule has 0 spiro atoms. The summed E-state index contributed by atoms with van der Waals surface area (Å²) in [6.45, 7) is 3.61. The van der Waals surface area contributed by atoms with Crippen LogP contribution in [-0.4, -0.2) is 42.2 Å². The maximum Gasteiger partial charge on any atom is 0.404 e. The van der Waals surface area contributed by atoms with Gasteiger partial charge in [0.2, 0.25) is 5.91 Å². The summed E-state index contributed by atoms with van der Waals surface area (Å²) >= 11 is 0. The maximum absolute atomic E-state index is 13.7. The van der Waals surface area contributed by atoms with Crippen LogP contribution in [0, 0.1) is 5.41 Å². The second kappa shape index (κ2) is 7.93. The molecule has 3 N–H and O–H groups in total. The van der Waals surface area contributed by atoms with Crippen molar-refractivity contribution in [3.63, 3.8) is 0 Å². The number of nitrogens with zero attached hydrogens (tertiary/aromatic N) is 1. The molecule has 0 radical (unpaired) electrons. The van der Waals surface area contributed by atoms with Gasteiger partial charge in [-0.05, 0) is 32.4 Å². The molecule has 1 aliphatic rings. The highest BCUT2D eigenvalue weighted by molar-refractivity contribution is 5.85. The first kappa shape index (κ1) is 21.7. The Morgan fingerprint density at radius 2 is 1.88 bits per heavy atom. The lowest BCUT2D eigenvalue weighted by molar-refractivity contribution is -0.218. The van der Waals surface area contributed by atoms with Gasteiger partial charge in [-0.15, -0.1) is 12.4 Å². The number of hydrogen-bond donors (Lipinski definition) is 2. The molecule has 1 heterocycles. The van der Waals surface area contributed by atoms with Gasteiger partial charge >= 0.3 is 6.18 Å². The second-order valence-corrected chi connectivity index (χ2v) is 7.20. The van der Waals surface area contributed by atoms with E-state index in [9.17, 15) is 18.0 Å². The molecule has 1 unspecified atom stereocenters. The largest absolute Gasteiger partial charge is 0.404 e. The average molecular weight is 380 g/mol. The first-order chi connectivity index (χ1) is 11.0. The van der Waals surface area contributed by atoms with E-state index < -0.39 is 23.0 Å². The van der Waals surface area contributed by atoms with Crippen LogP contribution in [0.3, 0.4) is 0 Å². The molecule has 0 aromatic heterocycles. The van der Waals surface area contributed by atoms with Crippen molar-refractivity contribution in [1.29, 1.82) is 0 Å². The summed E-state index contributed by atoms with van der Waals surface area (Å²) in [5.74, 6) is -0.982. The Balaban J connectivity index is 0.00000312. The standard InChI is InChI=1S/C17H24F3N3O.ClH/c1-15(2,21)11-22-14(24)16(17(18,19)20)8-9-23(12-16)10-13-6-4-3-5-7-13;/h3-7H,8-12,21H2,1-2H3,(H,22,24);1H. The third-order valence-corrected chi connectivity index (χ3v) is 4.28. The van der Waals surface area contributed by atoms with E-state index in [-0.39, 0.29) is 38.5 Å². The Kier molecular flexibility index (Phi) is 6.89. The minimum Gasteiger partial charge on any atom is -0.353 e. The summed E-state index contributed by atoms with van der Waals surface area (Å²) in [6, 6.07) is 9.28. The zero-order valence-electron chi connectivity index (χ0n) is 14.4. The first-order valence-corrected chi connectivity index (χ1v) is 7.94. The van der Waals surface area contributed by atoms with E-state index in [4.69, 9.17) is 5.73 Å². The minimum atomic E-state index is -4.60. The summed E-state index contributed by atoms with van der Waals surface area (Å²) in [6.07, 6.45) is -4.83. The number of carbonyl (C=O) groups is 1. The van der Waals surface area contributed by atoms with Gasteiger partial charge in [-0.2, -0.15) is 13.2 Å². The molecule has 4 nitrogen and oxygen atoms in total. The molecule has 0 saturated carbocycles. The summed E-state index contributed by atoms with van der Waals surface area (Å²) < 4.78 is 41.0.